The smallest absolute Gasteiger partial charge is 0.332 e. The van der Waals surface area contributed by atoms with Crippen LogP contribution < -0.4 is 16.6 Å². The molecule has 124 valence electrons. The van der Waals surface area contributed by atoms with Crippen LogP contribution in [0.25, 0.3) is 11.0 Å². The van der Waals surface area contributed by atoms with E-state index in [0.29, 0.717) is 15.9 Å². The fraction of sp³-hybridized carbons (Fsp3) is 0.467. The van der Waals surface area contributed by atoms with Gasteiger partial charge in [-0.1, -0.05) is 0 Å². The Labute approximate surface area is 137 Å². The number of thioether (sulfide) groups is 1. The lowest BCUT2D eigenvalue weighted by Crippen LogP contribution is -2.41. The number of hydrogen-bond donors (Lipinski definition) is 1. The van der Waals surface area contributed by atoms with Gasteiger partial charge in [0.1, 0.15) is 5.65 Å². The van der Waals surface area contributed by atoms with Crippen LogP contribution in [0.15, 0.2) is 26.7 Å². The lowest BCUT2D eigenvalue weighted by Gasteiger charge is -2.20. The van der Waals surface area contributed by atoms with Crippen molar-refractivity contribution in [2.75, 3.05) is 5.75 Å². The van der Waals surface area contributed by atoms with E-state index in [2.05, 4.69) is 10.3 Å². The van der Waals surface area contributed by atoms with Crippen molar-refractivity contribution in [1.29, 1.82) is 0 Å². The van der Waals surface area contributed by atoms with Gasteiger partial charge in [-0.15, -0.1) is 11.8 Å². The Hall–Kier alpha value is -2.09. The van der Waals surface area contributed by atoms with Crippen molar-refractivity contribution in [3.05, 3.63) is 33.1 Å². The molecule has 0 aromatic carbocycles. The molecule has 1 N–H and O–H groups in total. The Balaban J connectivity index is 2.42. The fourth-order valence-corrected chi connectivity index (χ4v) is 3.02. The first-order valence-corrected chi connectivity index (χ1v) is 8.09. The highest BCUT2D eigenvalue weighted by molar-refractivity contribution is 8.00. The van der Waals surface area contributed by atoms with Crippen LogP contribution in [0.1, 0.15) is 20.8 Å². The molecule has 0 fully saturated rings. The highest BCUT2D eigenvalue weighted by Crippen LogP contribution is 2.23. The molecule has 2 aromatic heterocycles. The van der Waals surface area contributed by atoms with E-state index in [9.17, 15) is 14.4 Å². The number of aryl methyl sites for hydroxylation is 1. The number of hydrogen-bond acceptors (Lipinski definition) is 5. The SMILES string of the molecule is Cn1c(=O)c2c(SCC(=O)NC(C)(C)C)ccnc2n(C)c1=O. The number of carbonyl (C=O) groups is 1. The maximum Gasteiger partial charge on any atom is 0.332 e. The van der Waals surface area contributed by atoms with E-state index in [1.54, 1.807) is 13.1 Å². The molecule has 0 bridgehead atoms. The average molecular weight is 336 g/mol. The molecule has 23 heavy (non-hydrogen) atoms. The number of pyridine rings is 1. The van der Waals surface area contributed by atoms with Gasteiger partial charge in [0.25, 0.3) is 5.56 Å². The summed E-state index contributed by atoms with van der Waals surface area (Å²) in [5.41, 5.74) is -0.824. The highest BCUT2D eigenvalue weighted by Gasteiger charge is 2.17. The van der Waals surface area contributed by atoms with Crippen LogP contribution in [0, 0.1) is 0 Å². The third-order valence-electron chi connectivity index (χ3n) is 3.18. The Bertz CT molecular complexity index is 877. The van der Waals surface area contributed by atoms with E-state index in [0.717, 1.165) is 4.57 Å². The second kappa shape index (κ2) is 6.19. The topological polar surface area (TPSA) is 86.0 Å². The third kappa shape index (κ3) is 3.64. The van der Waals surface area contributed by atoms with Gasteiger partial charge in [-0.05, 0) is 26.8 Å². The molecule has 0 aliphatic carbocycles. The number of fused-ring (bicyclic) bond motifs is 1. The Morgan fingerprint density at radius 3 is 2.52 bits per heavy atom. The minimum absolute atomic E-state index is 0.117. The largest absolute Gasteiger partial charge is 0.351 e. The predicted octanol–water partition coefficient (Wildman–Crippen LogP) is 0.639. The monoisotopic (exact) mass is 336 g/mol. The van der Waals surface area contributed by atoms with Gasteiger partial charge < -0.3 is 5.32 Å². The Morgan fingerprint density at radius 2 is 1.91 bits per heavy atom. The van der Waals surface area contributed by atoms with Crippen molar-refractivity contribution >= 4 is 28.7 Å². The zero-order valence-electron chi connectivity index (χ0n) is 13.8. The first-order chi connectivity index (χ1) is 10.6. The third-order valence-corrected chi connectivity index (χ3v) is 4.23. The normalized spacial score (nSPS) is 11.7. The van der Waals surface area contributed by atoms with Crippen molar-refractivity contribution in [2.24, 2.45) is 14.1 Å². The maximum atomic E-state index is 12.4. The molecular formula is C15H20N4O3S. The molecule has 8 heteroatoms. The lowest BCUT2D eigenvalue weighted by atomic mass is 10.1. The second-order valence-electron chi connectivity index (χ2n) is 6.30. The van der Waals surface area contributed by atoms with Gasteiger partial charge in [0.15, 0.2) is 0 Å². The van der Waals surface area contributed by atoms with Crippen LogP contribution >= 0.6 is 11.8 Å². The number of amides is 1. The summed E-state index contributed by atoms with van der Waals surface area (Å²) in [7, 11) is 3.00. The quantitative estimate of drug-likeness (QED) is 0.831. The molecule has 7 nitrogen and oxygen atoms in total. The summed E-state index contributed by atoms with van der Waals surface area (Å²) in [6, 6.07) is 1.68. The molecule has 0 saturated carbocycles. The molecule has 0 unspecified atom stereocenters. The molecule has 0 saturated heterocycles. The van der Waals surface area contributed by atoms with Gasteiger partial charge in [-0.25, -0.2) is 9.78 Å². The zero-order chi connectivity index (χ0) is 17.4. The van der Waals surface area contributed by atoms with E-state index in [1.165, 1.54) is 29.6 Å². The molecule has 2 heterocycles. The number of aromatic nitrogens is 3. The van der Waals surface area contributed by atoms with Crippen LogP contribution in [-0.4, -0.2) is 31.3 Å². The number of rotatable bonds is 3. The van der Waals surface area contributed by atoms with E-state index in [1.807, 2.05) is 20.8 Å². The molecular weight excluding hydrogens is 316 g/mol. The van der Waals surface area contributed by atoms with Gasteiger partial charge in [-0.2, -0.15) is 0 Å². The first-order valence-electron chi connectivity index (χ1n) is 7.10. The number of nitrogens with one attached hydrogen (secondary N) is 1. The first kappa shape index (κ1) is 17.3. The van der Waals surface area contributed by atoms with Crippen LogP contribution in [-0.2, 0) is 18.9 Å². The Kier molecular flexibility index (Phi) is 4.65. The summed E-state index contributed by atoms with van der Waals surface area (Å²) in [4.78, 5) is 41.1. The second-order valence-corrected chi connectivity index (χ2v) is 7.32. The maximum absolute atomic E-state index is 12.4. The molecule has 1 amide bonds. The predicted molar refractivity (Wildman–Crippen MR) is 90.8 cm³/mol. The molecule has 0 spiro atoms. The van der Waals surface area contributed by atoms with Gasteiger partial charge in [-0.3, -0.25) is 18.7 Å². The van der Waals surface area contributed by atoms with Crippen LogP contribution in [0.3, 0.4) is 0 Å². The summed E-state index contributed by atoms with van der Waals surface area (Å²) in [5.74, 6) is 0.0663. The average Bonchev–Trinajstić information content (AvgIpc) is 2.46. The van der Waals surface area contributed by atoms with Crippen LogP contribution in [0.2, 0.25) is 0 Å². The number of carbonyl (C=O) groups excluding carboxylic acids is 1. The minimum atomic E-state index is -0.428. The molecule has 0 aliphatic heterocycles. The molecule has 0 atom stereocenters. The van der Waals surface area contributed by atoms with Gasteiger partial charge in [0.05, 0.1) is 11.1 Å². The minimum Gasteiger partial charge on any atom is -0.351 e. The zero-order valence-corrected chi connectivity index (χ0v) is 14.7. The van der Waals surface area contributed by atoms with E-state index >= 15 is 0 Å². The van der Waals surface area contributed by atoms with Crippen LogP contribution in [0.4, 0.5) is 0 Å². The highest BCUT2D eigenvalue weighted by atomic mass is 32.2. The fourth-order valence-electron chi connectivity index (χ4n) is 2.18. The summed E-state index contributed by atoms with van der Waals surface area (Å²) in [6.45, 7) is 5.72. The van der Waals surface area contributed by atoms with E-state index < -0.39 is 11.2 Å². The molecule has 0 aliphatic rings. The Morgan fingerprint density at radius 1 is 1.26 bits per heavy atom. The van der Waals surface area contributed by atoms with Crippen molar-refractivity contribution in [1.82, 2.24) is 19.4 Å². The molecule has 2 aromatic rings. The van der Waals surface area contributed by atoms with E-state index in [4.69, 9.17) is 0 Å². The number of nitrogens with zero attached hydrogens (tertiary/aromatic N) is 3. The van der Waals surface area contributed by atoms with Crippen molar-refractivity contribution in [3.8, 4) is 0 Å². The van der Waals surface area contributed by atoms with Crippen molar-refractivity contribution in [3.63, 3.8) is 0 Å². The van der Waals surface area contributed by atoms with E-state index in [-0.39, 0.29) is 17.2 Å². The summed E-state index contributed by atoms with van der Waals surface area (Å²) < 4.78 is 2.37. The summed E-state index contributed by atoms with van der Waals surface area (Å²) >= 11 is 1.26. The standard InChI is InChI=1S/C15H20N4O3S/c1-15(2,3)17-10(20)8-23-9-6-7-16-12-11(9)13(21)19(5)14(22)18(12)4/h6-7H,8H2,1-5H3,(H,17,20). The van der Waals surface area contributed by atoms with Crippen molar-refractivity contribution < 1.29 is 4.79 Å². The lowest BCUT2D eigenvalue weighted by molar-refractivity contribution is -0.119. The van der Waals surface area contributed by atoms with Gasteiger partial charge in [0.2, 0.25) is 5.91 Å². The van der Waals surface area contributed by atoms with Gasteiger partial charge in [0, 0.05) is 30.7 Å². The summed E-state index contributed by atoms with van der Waals surface area (Å²) in [6.07, 6.45) is 1.53. The molecule has 2 rings (SSSR count). The van der Waals surface area contributed by atoms with Crippen LogP contribution in [0.5, 0.6) is 0 Å². The molecule has 0 radical (unpaired) electrons. The van der Waals surface area contributed by atoms with Crippen molar-refractivity contribution in [2.45, 2.75) is 31.2 Å². The summed E-state index contributed by atoms with van der Waals surface area (Å²) in [5, 5.41) is 3.22. The van der Waals surface area contributed by atoms with Gasteiger partial charge >= 0.3 is 5.69 Å².